The van der Waals surface area contributed by atoms with Crippen LogP contribution in [0.4, 0.5) is 0 Å². The summed E-state index contributed by atoms with van der Waals surface area (Å²) in [7, 11) is 0. The Balaban J connectivity index is 0.579. The summed E-state index contributed by atoms with van der Waals surface area (Å²) in [6.07, 6.45) is 16.6. The number of fused-ring (bicyclic) bond motifs is 2. The summed E-state index contributed by atoms with van der Waals surface area (Å²) in [6, 6.07) is 70.0. The molecular weight excluding hydrogens is 869 g/mol. The number of hydrogen-bond acceptors (Lipinski definition) is 4. The number of rotatable bonds is 22. The zero-order chi connectivity index (χ0) is 47.7. The minimum absolute atomic E-state index is 0.461. The molecule has 11 aromatic rings. The maximum Gasteiger partial charge on any atom is 0.172 e. The lowest BCUT2D eigenvalue weighted by molar-refractivity contribution is -0.697. The molecule has 71 heavy (non-hydrogen) atoms. The molecule has 0 unspecified atom stereocenters. The van der Waals surface area contributed by atoms with Crippen LogP contribution in [-0.4, -0.2) is 28.2 Å². The molecule has 2 heterocycles. The molecule has 0 saturated carbocycles. The van der Waals surface area contributed by atoms with Crippen molar-refractivity contribution in [2.45, 2.75) is 76.3 Å². The van der Waals surface area contributed by atoms with Crippen molar-refractivity contribution < 1.29 is 14.0 Å². The summed E-state index contributed by atoms with van der Waals surface area (Å²) in [4.78, 5) is 0. The number of ether oxygens (including phenoxy) is 2. The lowest BCUT2D eigenvalue weighted by atomic mass is 9.65. The van der Waals surface area contributed by atoms with Crippen LogP contribution in [0.3, 0.4) is 0 Å². The third kappa shape index (κ3) is 9.72. The molecule has 0 bridgehead atoms. The van der Waals surface area contributed by atoms with Crippen molar-refractivity contribution in [3.8, 4) is 11.5 Å². The third-order valence-electron chi connectivity index (χ3n) is 14.5. The Bertz CT molecular complexity index is 3300. The molecule has 352 valence electrons. The molecule has 11 rings (SSSR count). The highest BCUT2D eigenvalue weighted by Crippen LogP contribution is 2.46. The molecule has 0 N–H and O–H groups in total. The highest BCUT2D eigenvalue weighted by atomic mass is 16.5. The van der Waals surface area contributed by atoms with E-state index >= 15 is 0 Å². The first-order valence-electron chi connectivity index (χ1n) is 25.7. The van der Waals surface area contributed by atoms with Crippen LogP contribution in [0, 0.1) is 0 Å². The smallest absolute Gasteiger partial charge is 0.172 e. The van der Waals surface area contributed by atoms with Gasteiger partial charge in [-0.15, -0.1) is 5.10 Å². The van der Waals surface area contributed by atoms with Crippen LogP contribution < -0.4 is 14.0 Å². The van der Waals surface area contributed by atoms with Crippen LogP contribution >= 0.6 is 0 Å². The van der Waals surface area contributed by atoms with E-state index in [-0.39, 0.29) is 0 Å². The maximum absolute atomic E-state index is 6.27. The summed E-state index contributed by atoms with van der Waals surface area (Å²) in [5.41, 5.74) is 6.79. The van der Waals surface area contributed by atoms with Crippen LogP contribution in [0.15, 0.2) is 213 Å². The van der Waals surface area contributed by atoms with E-state index in [1.165, 1.54) is 103 Å². The zero-order valence-corrected chi connectivity index (χ0v) is 40.5. The standard InChI is InChI=1S/C65H61N4O2/c1(2-4-15-29-55-48-69(67-66-55)47-50-34-39-62-60-32-18-22-49-21-17-31-59(63(49)60)61-33-19-30-58(50)64(61)62)3-5-16-45-70-57-40-43-68(44-41-57)42-20-46-71-56-37-35-54(36-38-56)65(51-23-9-6-10-24-51,52-25-11-7-12-26-52)53-27-13-8-14-28-53/h6-14,17-19,21-28,30-41,43-44,48H,1-5,15-16,20,29,42,45-47H2/q+1. The Labute approximate surface area is 417 Å². The van der Waals surface area contributed by atoms with Crippen molar-refractivity contribution in [3.05, 3.63) is 246 Å². The van der Waals surface area contributed by atoms with Crippen LogP contribution in [0.1, 0.15) is 84.9 Å². The highest BCUT2D eigenvalue weighted by Gasteiger charge is 2.38. The molecule has 0 aliphatic carbocycles. The summed E-state index contributed by atoms with van der Waals surface area (Å²) in [5, 5.41) is 19.7. The second kappa shape index (κ2) is 21.4. The van der Waals surface area contributed by atoms with Gasteiger partial charge in [0.1, 0.15) is 11.5 Å². The Hall–Kier alpha value is -7.83. The fourth-order valence-electron chi connectivity index (χ4n) is 11.0. The van der Waals surface area contributed by atoms with E-state index < -0.39 is 5.41 Å². The largest absolute Gasteiger partial charge is 0.493 e. The molecule has 6 nitrogen and oxygen atoms in total. The Morgan fingerprint density at radius 2 is 0.930 bits per heavy atom. The van der Waals surface area contributed by atoms with Gasteiger partial charge in [0.15, 0.2) is 18.9 Å². The predicted octanol–water partition coefficient (Wildman–Crippen LogP) is 14.9. The van der Waals surface area contributed by atoms with Gasteiger partial charge in [-0.3, -0.25) is 0 Å². The van der Waals surface area contributed by atoms with E-state index in [1.807, 2.05) is 4.68 Å². The van der Waals surface area contributed by atoms with E-state index in [0.29, 0.717) is 13.2 Å². The lowest BCUT2D eigenvalue weighted by Gasteiger charge is -2.36. The third-order valence-corrected chi connectivity index (χ3v) is 14.5. The van der Waals surface area contributed by atoms with Crippen molar-refractivity contribution in [2.24, 2.45) is 0 Å². The van der Waals surface area contributed by atoms with Crippen molar-refractivity contribution in [1.82, 2.24) is 15.0 Å². The van der Waals surface area contributed by atoms with Gasteiger partial charge in [-0.05, 0) is 102 Å². The number of pyridine rings is 1. The first kappa shape index (κ1) is 45.6. The average Bonchev–Trinajstić information content (AvgIpc) is 3.88. The second-order valence-corrected chi connectivity index (χ2v) is 19.0. The molecule has 2 aromatic heterocycles. The minimum atomic E-state index is -0.461. The molecule has 0 radical (unpaired) electrons. The van der Waals surface area contributed by atoms with Gasteiger partial charge < -0.3 is 9.47 Å². The number of aryl methyl sites for hydroxylation is 2. The van der Waals surface area contributed by atoms with Crippen LogP contribution in [0.25, 0.3) is 43.1 Å². The average molecular weight is 930 g/mol. The number of benzene rings is 9. The summed E-state index contributed by atoms with van der Waals surface area (Å²) in [5.74, 6) is 1.81. The fraction of sp³-hybridized carbons (Fsp3) is 0.215. The van der Waals surface area contributed by atoms with Crippen molar-refractivity contribution in [2.75, 3.05) is 13.2 Å². The molecule has 0 amide bonds. The Morgan fingerprint density at radius 1 is 0.423 bits per heavy atom. The molecule has 0 fully saturated rings. The monoisotopic (exact) mass is 929 g/mol. The van der Waals surface area contributed by atoms with E-state index in [9.17, 15) is 0 Å². The summed E-state index contributed by atoms with van der Waals surface area (Å²) < 4.78 is 16.6. The molecule has 0 spiro atoms. The fourth-order valence-corrected chi connectivity index (χ4v) is 11.0. The van der Waals surface area contributed by atoms with Gasteiger partial charge in [0.05, 0.1) is 30.9 Å². The molecular formula is C65H61N4O2+. The van der Waals surface area contributed by atoms with Crippen molar-refractivity contribution in [3.63, 3.8) is 0 Å². The van der Waals surface area contributed by atoms with Gasteiger partial charge in [0, 0.05) is 24.8 Å². The zero-order valence-electron chi connectivity index (χ0n) is 40.5. The van der Waals surface area contributed by atoms with E-state index in [4.69, 9.17) is 9.47 Å². The molecule has 6 heteroatoms. The summed E-state index contributed by atoms with van der Waals surface area (Å²) in [6.45, 7) is 2.97. The molecule has 0 saturated heterocycles. The van der Waals surface area contributed by atoms with E-state index in [0.717, 1.165) is 56.0 Å². The quantitative estimate of drug-likeness (QED) is 0.0223. The highest BCUT2D eigenvalue weighted by molar-refractivity contribution is 6.33. The van der Waals surface area contributed by atoms with Crippen molar-refractivity contribution >= 4 is 43.1 Å². The predicted molar refractivity (Wildman–Crippen MR) is 290 cm³/mol. The number of aromatic nitrogens is 4. The van der Waals surface area contributed by atoms with Gasteiger partial charge >= 0.3 is 0 Å². The first-order valence-corrected chi connectivity index (χ1v) is 25.7. The van der Waals surface area contributed by atoms with Crippen LogP contribution in [-0.2, 0) is 24.9 Å². The molecule has 0 aliphatic rings. The van der Waals surface area contributed by atoms with Gasteiger partial charge in [-0.25, -0.2) is 9.25 Å². The topological polar surface area (TPSA) is 53.0 Å². The SMILES string of the molecule is c1ccc(C(c2ccccc2)(c2ccccc2)c2ccc(OCCC[n+]3ccc(OCCCCCCCCCc4cn(Cc5ccc6c7cccc8cccc(c9cccc5c96)c87)nn4)cc3)cc2)cc1. The first-order chi connectivity index (χ1) is 35.2. The number of hydrogen-bond donors (Lipinski definition) is 0. The number of nitrogens with zero attached hydrogens (tertiary/aromatic N) is 4. The normalized spacial score (nSPS) is 11.8. The van der Waals surface area contributed by atoms with Gasteiger partial charge in [-0.1, -0.05) is 207 Å². The lowest BCUT2D eigenvalue weighted by Crippen LogP contribution is -2.33. The van der Waals surface area contributed by atoms with Crippen molar-refractivity contribution in [1.29, 1.82) is 0 Å². The Kier molecular flexibility index (Phi) is 13.8. The molecule has 0 atom stereocenters. The maximum atomic E-state index is 6.27. The minimum Gasteiger partial charge on any atom is -0.493 e. The van der Waals surface area contributed by atoms with Gasteiger partial charge in [0.2, 0.25) is 0 Å². The van der Waals surface area contributed by atoms with Gasteiger partial charge in [-0.2, -0.15) is 0 Å². The molecule has 0 aliphatic heterocycles. The van der Waals surface area contributed by atoms with Gasteiger partial charge in [0.25, 0.3) is 0 Å². The van der Waals surface area contributed by atoms with Crippen LogP contribution in [0.2, 0.25) is 0 Å². The van der Waals surface area contributed by atoms with E-state index in [2.05, 4.69) is 228 Å². The van der Waals surface area contributed by atoms with Crippen LogP contribution in [0.5, 0.6) is 11.5 Å². The second-order valence-electron chi connectivity index (χ2n) is 19.0. The summed E-state index contributed by atoms with van der Waals surface area (Å²) >= 11 is 0. The Morgan fingerprint density at radius 3 is 1.56 bits per heavy atom. The van der Waals surface area contributed by atoms with E-state index in [1.54, 1.807) is 0 Å². The number of unbranched alkanes of at least 4 members (excludes halogenated alkanes) is 6. The molecule has 9 aromatic carbocycles.